The Hall–Kier alpha value is -4.91. The topological polar surface area (TPSA) is 95.9 Å². The zero-order valence-corrected chi connectivity index (χ0v) is 20.8. The lowest BCUT2D eigenvalue weighted by atomic mass is 10.0. The van der Waals surface area contributed by atoms with Gasteiger partial charge in [0.2, 0.25) is 5.91 Å². The first kappa shape index (κ1) is 24.8. The number of phenols is 1. The predicted molar refractivity (Wildman–Crippen MR) is 145 cm³/mol. The number of nitrogens with zero attached hydrogens (tertiary/aromatic N) is 1. The summed E-state index contributed by atoms with van der Waals surface area (Å²) in [5.41, 5.74) is 4.37. The van der Waals surface area contributed by atoms with Crippen molar-refractivity contribution in [1.82, 2.24) is 0 Å². The van der Waals surface area contributed by atoms with E-state index in [2.05, 4.69) is 5.32 Å². The van der Waals surface area contributed by atoms with E-state index in [1.54, 1.807) is 83.8 Å². The molecule has 190 valence electrons. The molecule has 0 radical (unpaired) electrons. The van der Waals surface area contributed by atoms with E-state index < -0.39 is 11.9 Å². The summed E-state index contributed by atoms with van der Waals surface area (Å²) < 4.78 is 5.47. The van der Waals surface area contributed by atoms with Crippen LogP contribution in [-0.2, 0) is 9.59 Å². The zero-order valence-electron chi connectivity index (χ0n) is 20.8. The number of amides is 2. The largest absolute Gasteiger partial charge is 0.508 e. The van der Waals surface area contributed by atoms with E-state index in [0.29, 0.717) is 22.7 Å². The van der Waals surface area contributed by atoms with Crippen LogP contribution in [0.5, 0.6) is 11.5 Å². The van der Waals surface area contributed by atoms with E-state index in [0.717, 1.165) is 16.7 Å². The average Bonchev–Trinajstić information content (AvgIpc) is 3.32. The summed E-state index contributed by atoms with van der Waals surface area (Å²) in [4.78, 5) is 40.0. The lowest BCUT2D eigenvalue weighted by Gasteiger charge is -2.18. The first-order valence-electron chi connectivity index (χ1n) is 12.3. The lowest BCUT2D eigenvalue weighted by Crippen LogP contribution is -2.27. The van der Waals surface area contributed by atoms with Gasteiger partial charge in [0.15, 0.2) is 0 Å². The summed E-state index contributed by atoms with van der Waals surface area (Å²) in [5, 5.41) is 12.4. The Morgan fingerprint density at radius 1 is 0.895 bits per heavy atom. The maximum absolute atomic E-state index is 13.0. The number of carbonyl (C=O) groups excluding carboxylic acids is 3. The molecule has 1 saturated heterocycles. The number of benzene rings is 4. The molecule has 0 saturated carbocycles. The predicted octanol–water partition coefficient (Wildman–Crippen LogP) is 5.58. The Balaban J connectivity index is 1.26. The fraction of sp³-hybridized carbons (Fsp3) is 0.129. The molecule has 1 aliphatic rings. The number of hydrogen-bond donors (Lipinski definition) is 2. The highest BCUT2D eigenvalue weighted by Crippen LogP contribution is 2.29. The van der Waals surface area contributed by atoms with Crippen LogP contribution in [0.4, 0.5) is 11.4 Å². The molecule has 2 amide bonds. The third-order valence-electron chi connectivity index (χ3n) is 6.44. The number of ether oxygens (including phenoxy) is 1. The third kappa shape index (κ3) is 5.57. The fourth-order valence-electron chi connectivity index (χ4n) is 4.37. The highest BCUT2D eigenvalue weighted by atomic mass is 16.5. The number of phenolic OH excluding ortho intramolecular Hbond substituents is 1. The fourth-order valence-corrected chi connectivity index (χ4v) is 4.37. The number of esters is 1. The maximum Gasteiger partial charge on any atom is 0.316 e. The number of aryl methyl sites for hydroxylation is 1. The molecular weight excluding hydrogens is 480 g/mol. The standard InChI is InChI=1S/C31H26N2O5/c1-20-8-14-28(15-9-20)38-31(37)24-17-29(35)33(19-24)26-7-3-6-25(18-26)32-30(36)23-5-2-4-22(16-23)21-10-12-27(34)13-11-21/h2-16,18,24,34H,17,19H2,1H3,(H,32,36). The average molecular weight is 507 g/mol. The van der Waals surface area contributed by atoms with Crippen molar-refractivity contribution >= 4 is 29.2 Å². The number of rotatable bonds is 6. The van der Waals surface area contributed by atoms with Gasteiger partial charge < -0.3 is 20.1 Å². The minimum Gasteiger partial charge on any atom is -0.508 e. The molecule has 4 aromatic carbocycles. The summed E-state index contributed by atoms with van der Waals surface area (Å²) >= 11 is 0. The van der Waals surface area contributed by atoms with Crippen LogP contribution in [0.1, 0.15) is 22.3 Å². The number of hydrogen-bond acceptors (Lipinski definition) is 5. The van der Waals surface area contributed by atoms with Crippen LogP contribution in [0.2, 0.25) is 0 Å². The molecule has 7 nitrogen and oxygen atoms in total. The van der Waals surface area contributed by atoms with Gasteiger partial charge in [0, 0.05) is 29.9 Å². The molecule has 0 bridgehead atoms. The molecule has 0 aliphatic carbocycles. The van der Waals surface area contributed by atoms with Crippen LogP contribution in [0.15, 0.2) is 97.1 Å². The van der Waals surface area contributed by atoms with E-state index in [1.165, 1.54) is 0 Å². The summed E-state index contributed by atoms with van der Waals surface area (Å²) in [6.45, 7) is 2.15. The first-order chi connectivity index (χ1) is 18.4. The van der Waals surface area contributed by atoms with E-state index in [4.69, 9.17) is 4.74 Å². The van der Waals surface area contributed by atoms with Crippen LogP contribution in [0.25, 0.3) is 11.1 Å². The van der Waals surface area contributed by atoms with Crippen LogP contribution in [0, 0.1) is 12.8 Å². The van der Waals surface area contributed by atoms with Crippen molar-refractivity contribution in [3.05, 3.63) is 108 Å². The molecule has 38 heavy (non-hydrogen) atoms. The van der Waals surface area contributed by atoms with Crippen molar-refractivity contribution in [3.8, 4) is 22.6 Å². The van der Waals surface area contributed by atoms with Crippen molar-refractivity contribution in [3.63, 3.8) is 0 Å². The Bertz CT molecular complexity index is 1500. The third-order valence-corrected chi connectivity index (χ3v) is 6.44. The van der Waals surface area contributed by atoms with Crippen molar-refractivity contribution in [2.75, 3.05) is 16.8 Å². The quantitative estimate of drug-likeness (QED) is 0.263. The van der Waals surface area contributed by atoms with Gasteiger partial charge >= 0.3 is 5.97 Å². The van der Waals surface area contributed by atoms with Crippen LogP contribution < -0.4 is 15.0 Å². The van der Waals surface area contributed by atoms with Gasteiger partial charge in [-0.2, -0.15) is 0 Å². The maximum atomic E-state index is 13.0. The summed E-state index contributed by atoms with van der Waals surface area (Å²) in [5.74, 6) is -0.873. The number of aromatic hydroxyl groups is 1. The van der Waals surface area contributed by atoms with Crippen LogP contribution in [0.3, 0.4) is 0 Å². The summed E-state index contributed by atoms with van der Waals surface area (Å²) in [6.07, 6.45) is 0.0608. The number of carbonyl (C=O) groups is 3. The highest BCUT2D eigenvalue weighted by Gasteiger charge is 2.36. The van der Waals surface area contributed by atoms with Crippen molar-refractivity contribution in [2.45, 2.75) is 13.3 Å². The first-order valence-corrected chi connectivity index (χ1v) is 12.3. The molecule has 1 unspecified atom stereocenters. The van der Waals surface area contributed by atoms with Crippen LogP contribution in [-0.4, -0.2) is 29.4 Å². The monoisotopic (exact) mass is 506 g/mol. The van der Waals surface area contributed by atoms with Crippen molar-refractivity contribution in [2.24, 2.45) is 5.92 Å². The second-order valence-electron chi connectivity index (χ2n) is 9.27. The van der Waals surface area contributed by atoms with Gasteiger partial charge in [0.25, 0.3) is 5.91 Å². The molecule has 2 N–H and O–H groups in total. The van der Waals surface area contributed by atoms with Gasteiger partial charge in [-0.3, -0.25) is 14.4 Å². The molecule has 7 heteroatoms. The molecule has 0 aromatic heterocycles. The Morgan fingerprint density at radius 2 is 1.63 bits per heavy atom. The molecule has 4 aromatic rings. The molecule has 0 spiro atoms. The highest BCUT2D eigenvalue weighted by molar-refractivity contribution is 6.06. The second kappa shape index (κ2) is 10.6. The molecule has 1 fully saturated rings. The normalized spacial score (nSPS) is 14.8. The Kier molecular flexibility index (Phi) is 6.91. The minimum absolute atomic E-state index is 0.0608. The minimum atomic E-state index is -0.579. The van der Waals surface area contributed by atoms with E-state index >= 15 is 0 Å². The molecular formula is C31H26N2O5. The number of anilines is 2. The van der Waals surface area contributed by atoms with Gasteiger partial charge in [-0.05, 0) is 72.6 Å². The zero-order chi connectivity index (χ0) is 26.6. The van der Waals surface area contributed by atoms with Gasteiger partial charge in [-0.15, -0.1) is 0 Å². The number of nitrogens with one attached hydrogen (secondary N) is 1. The molecule has 5 rings (SSSR count). The van der Waals surface area contributed by atoms with E-state index in [9.17, 15) is 19.5 Å². The van der Waals surface area contributed by atoms with Crippen LogP contribution >= 0.6 is 0 Å². The Labute approximate surface area is 220 Å². The molecule has 1 atom stereocenters. The molecule has 1 heterocycles. The SMILES string of the molecule is Cc1ccc(OC(=O)C2CC(=O)N(c3cccc(NC(=O)c4cccc(-c5ccc(O)cc5)c4)c3)C2)cc1. The van der Waals surface area contributed by atoms with Gasteiger partial charge in [-0.25, -0.2) is 0 Å². The van der Waals surface area contributed by atoms with Gasteiger partial charge in [0.1, 0.15) is 11.5 Å². The smallest absolute Gasteiger partial charge is 0.316 e. The van der Waals surface area contributed by atoms with Crippen molar-refractivity contribution < 1.29 is 24.2 Å². The van der Waals surface area contributed by atoms with Gasteiger partial charge in [0.05, 0.1) is 5.92 Å². The molecule has 1 aliphatic heterocycles. The summed E-state index contributed by atoms with van der Waals surface area (Å²) in [7, 11) is 0. The van der Waals surface area contributed by atoms with Gasteiger partial charge in [-0.1, -0.05) is 48.0 Å². The lowest BCUT2D eigenvalue weighted by molar-refractivity contribution is -0.139. The second-order valence-corrected chi connectivity index (χ2v) is 9.27. The van der Waals surface area contributed by atoms with E-state index in [1.807, 2.05) is 25.1 Å². The summed E-state index contributed by atoms with van der Waals surface area (Å²) in [6, 6.07) is 28.1. The van der Waals surface area contributed by atoms with E-state index in [-0.39, 0.29) is 30.5 Å². The van der Waals surface area contributed by atoms with Crippen molar-refractivity contribution in [1.29, 1.82) is 0 Å². The Morgan fingerprint density at radius 3 is 2.39 bits per heavy atom.